The maximum absolute atomic E-state index is 12.2. The summed E-state index contributed by atoms with van der Waals surface area (Å²) in [4.78, 5) is 24.4. The van der Waals surface area contributed by atoms with E-state index in [0.717, 1.165) is 11.4 Å². The summed E-state index contributed by atoms with van der Waals surface area (Å²) < 4.78 is 10.0. The number of esters is 2. The molecule has 0 amide bonds. The summed E-state index contributed by atoms with van der Waals surface area (Å²) in [6.07, 6.45) is 0. The van der Waals surface area contributed by atoms with Crippen LogP contribution >= 0.6 is 0 Å². The van der Waals surface area contributed by atoms with Gasteiger partial charge in [-0.15, -0.1) is 0 Å². The molecule has 24 heavy (non-hydrogen) atoms. The predicted molar refractivity (Wildman–Crippen MR) is 92.2 cm³/mol. The van der Waals surface area contributed by atoms with Gasteiger partial charge in [-0.3, -0.25) is 9.59 Å². The van der Waals surface area contributed by atoms with Gasteiger partial charge < -0.3 is 14.8 Å². The Morgan fingerprint density at radius 3 is 2.04 bits per heavy atom. The third kappa shape index (κ3) is 4.59. The fourth-order valence-corrected chi connectivity index (χ4v) is 2.30. The van der Waals surface area contributed by atoms with E-state index >= 15 is 0 Å². The van der Waals surface area contributed by atoms with Crippen LogP contribution in [0.4, 0.5) is 11.4 Å². The summed E-state index contributed by atoms with van der Waals surface area (Å²) in [7, 11) is 0. The standard InChI is InChI=1S/C19H21NO4/c1-3-23-18(21)17(19(22)24-4-2)14-9-8-12-16(13-14)20-15-10-6-5-7-11-15/h5-13,17,20H,3-4H2,1-2H3. The molecule has 1 N–H and O–H groups in total. The van der Waals surface area contributed by atoms with E-state index in [9.17, 15) is 9.59 Å². The molecule has 5 nitrogen and oxygen atoms in total. The molecule has 0 aliphatic carbocycles. The van der Waals surface area contributed by atoms with E-state index in [0.29, 0.717) is 5.56 Å². The van der Waals surface area contributed by atoms with Gasteiger partial charge in [-0.2, -0.15) is 0 Å². The lowest BCUT2D eigenvalue weighted by Crippen LogP contribution is -2.26. The number of carbonyl (C=O) groups excluding carboxylic acids is 2. The number of rotatable bonds is 7. The van der Waals surface area contributed by atoms with Gasteiger partial charge in [-0.25, -0.2) is 0 Å². The van der Waals surface area contributed by atoms with E-state index in [2.05, 4.69) is 5.32 Å². The van der Waals surface area contributed by atoms with Crippen molar-refractivity contribution >= 4 is 23.3 Å². The zero-order valence-corrected chi connectivity index (χ0v) is 13.8. The van der Waals surface area contributed by atoms with Crippen molar-refractivity contribution in [3.63, 3.8) is 0 Å². The minimum Gasteiger partial charge on any atom is -0.465 e. The highest BCUT2D eigenvalue weighted by atomic mass is 16.6. The molecule has 0 fully saturated rings. The number of nitrogens with one attached hydrogen (secondary N) is 1. The SMILES string of the molecule is CCOC(=O)C(C(=O)OCC)c1cccc(Nc2ccccc2)c1. The first-order valence-electron chi connectivity index (χ1n) is 7.91. The molecule has 126 valence electrons. The van der Waals surface area contributed by atoms with Crippen LogP contribution in [0.1, 0.15) is 25.3 Å². The van der Waals surface area contributed by atoms with Crippen LogP contribution in [0.15, 0.2) is 54.6 Å². The van der Waals surface area contributed by atoms with E-state index < -0.39 is 17.9 Å². The number of hydrogen-bond donors (Lipinski definition) is 1. The third-order valence-corrected chi connectivity index (χ3v) is 3.33. The summed E-state index contributed by atoms with van der Waals surface area (Å²) >= 11 is 0. The highest BCUT2D eigenvalue weighted by Crippen LogP contribution is 2.24. The van der Waals surface area contributed by atoms with Gasteiger partial charge in [0.15, 0.2) is 5.92 Å². The first-order valence-corrected chi connectivity index (χ1v) is 7.91. The Hall–Kier alpha value is -2.82. The van der Waals surface area contributed by atoms with Gasteiger partial charge in [-0.05, 0) is 43.7 Å². The molecule has 2 aromatic rings. The first kappa shape index (κ1) is 17.5. The van der Waals surface area contributed by atoms with Crippen LogP contribution in [0.3, 0.4) is 0 Å². The van der Waals surface area contributed by atoms with Crippen molar-refractivity contribution in [3.8, 4) is 0 Å². The number of hydrogen-bond acceptors (Lipinski definition) is 5. The largest absolute Gasteiger partial charge is 0.465 e. The molecule has 0 bridgehead atoms. The predicted octanol–water partition coefficient (Wildman–Crippen LogP) is 3.64. The first-order chi connectivity index (χ1) is 11.7. The lowest BCUT2D eigenvalue weighted by molar-refractivity contribution is -0.156. The highest BCUT2D eigenvalue weighted by Gasteiger charge is 2.31. The average molecular weight is 327 g/mol. The minimum absolute atomic E-state index is 0.205. The van der Waals surface area contributed by atoms with Crippen LogP contribution in [-0.4, -0.2) is 25.2 Å². The number of carbonyl (C=O) groups is 2. The molecule has 0 aliphatic heterocycles. The quantitative estimate of drug-likeness (QED) is 0.621. The van der Waals surface area contributed by atoms with E-state index in [4.69, 9.17) is 9.47 Å². The lowest BCUT2D eigenvalue weighted by atomic mass is 9.98. The lowest BCUT2D eigenvalue weighted by Gasteiger charge is -2.16. The second kappa shape index (κ2) is 8.72. The summed E-state index contributed by atoms with van der Waals surface area (Å²) in [6, 6.07) is 16.8. The molecule has 0 unspecified atom stereocenters. The molecule has 5 heteroatoms. The third-order valence-electron chi connectivity index (χ3n) is 3.33. The molecule has 0 radical (unpaired) electrons. The average Bonchev–Trinajstić information content (AvgIpc) is 2.57. The van der Waals surface area contributed by atoms with E-state index in [1.807, 2.05) is 36.4 Å². The monoisotopic (exact) mass is 327 g/mol. The van der Waals surface area contributed by atoms with Crippen LogP contribution in [0.25, 0.3) is 0 Å². The van der Waals surface area contributed by atoms with Crippen LogP contribution in [0.2, 0.25) is 0 Å². The molecule has 0 atom stereocenters. The van der Waals surface area contributed by atoms with Crippen LogP contribution in [-0.2, 0) is 19.1 Å². The van der Waals surface area contributed by atoms with Crippen LogP contribution < -0.4 is 5.32 Å². The van der Waals surface area contributed by atoms with E-state index in [1.165, 1.54) is 0 Å². The summed E-state index contributed by atoms with van der Waals surface area (Å²) in [5.74, 6) is -2.29. The normalized spacial score (nSPS) is 10.3. The molecule has 0 saturated heterocycles. The Balaban J connectivity index is 2.27. The zero-order valence-electron chi connectivity index (χ0n) is 13.8. The molecular weight excluding hydrogens is 306 g/mol. The maximum Gasteiger partial charge on any atom is 0.324 e. The summed E-state index contributed by atoms with van der Waals surface area (Å²) in [5, 5.41) is 3.24. The van der Waals surface area contributed by atoms with Crippen molar-refractivity contribution in [2.45, 2.75) is 19.8 Å². The Kier molecular flexibility index (Phi) is 6.37. The van der Waals surface area contributed by atoms with Crippen molar-refractivity contribution < 1.29 is 19.1 Å². The number of ether oxygens (including phenoxy) is 2. The molecular formula is C19H21NO4. The second-order valence-electron chi connectivity index (χ2n) is 5.05. The molecule has 0 aromatic heterocycles. The molecule has 0 saturated carbocycles. The molecule has 0 aliphatic rings. The number of anilines is 2. The van der Waals surface area contributed by atoms with E-state index in [-0.39, 0.29) is 13.2 Å². The second-order valence-corrected chi connectivity index (χ2v) is 5.05. The van der Waals surface area contributed by atoms with Crippen molar-refractivity contribution in [2.75, 3.05) is 18.5 Å². The fourth-order valence-electron chi connectivity index (χ4n) is 2.30. The van der Waals surface area contributed by atoms with Gasteiger partial charge in [0, 0.05) is 11.4 Å². The Morgan fingerprint density at radius 1 is 0.875 bits per heavy atom. The van der Waals surface area contributed by atoms with Gasteiger partial charge >= 0.3 is 11.9 Å². The van der Waals surface area contributed by atoms with Crippen molar-refractivity contribution in [3.05, 3.63) is 60.2 Å². The summed E-state index contributed by atoms with van der Waals surface area (Å²) in [6.45, 7) is 3.81. The van der Waals surface area contributed by atoms with Crippen molar-refractivity contribution in [2.24, 2.45) is 0 Å². The van der Waals surface area contributed by atoms with Crippen molar-refractivity contribution in [1.29, 1.82) is 0 Å². The van der Waals surface area contributed by atoms with Crippen LogP contribution in [0.5, 0.6) is 0 Å². The Morgan fingerprint density at radius 2 is 1.46 bits per heavy atom. The molecule has 0 heterocycles. The van der Waals surface area contributed by atoms with E-state index in [1.54, 1.807) is 32.0 Å². The summed E-state index contributed by atoms with van der Waals surface area (Å²) in [5.41, 5.74) is 2.23. The van der Waals surface area contributed by atoms with Crippen LogP contribution in [0, 0.1) is 0 Å². The zero-order chi connectivity index (χ0) is 17.4. The van der Waals surface area contributed by atoms with Gasteiger partial charge in [0.1, 0.15) is 0 Å². The number of benzene rings is 2. The highest BCUT2D eigenvalue weighted by molar-refractivity contribution is 6.01. The molecule has 0 spiro atoms. The molecule has 2 aromatic carbocycles. The molecule has 2 rings (SSSR count). The van der Waals surface area contributed by atoms with Gasteiger partial charge in [0.05, 0.1) is 13.2 Å². The topological polar surface area (TPSA) is 64.6 Å². The Labute approximate surface area is 141 Å². The maximum atomic E-state index is 12.2. The fraction of sp³-hybridized carbons (Fsp3) is 0.263. The number of para-hydroxylation sites is 1. The van der Waals surface area contributed by atoms with Gasteiger partial charge in [0.25, 0.3) is 0 Å². The minimum atomic E-state index is -1.08. The smallest absolute Gasteiger partial charge is 0.324 e. The van der Waals surface area contributed by atoms with Gasteiger partial charge in [-0.1, -0.05) is 30.3 Å². The van der Waals surface area contributed by atoms with Gasteiger partial charge in [0.2, 0.25) is 0 Å². The Bertz CT molecular complexity index is 667. The van der Waals surface area contributed by atoms with Crippen molar-refractivity contribution in [1.82, 2.24) is 0 Å².